The van der Waals surface area contributed by atoms with Crippen molar-refractivity contribution in [1.29, 1.82) is 0 Å². The van der Waals surface area contributed by atoms with Gasteiger partial charge in [-0.15, -0.1) is 0 Å². The summed E-state index contributed by atoms with van der Waals surface area (Å²) in [5.41, 5.74) is 6.61. The van der Waals surface area contributed by atoms with Crippen LogP contribution in [0.3, 0.4) is 0 Å². The molecule has 0 spiro atoms. The topological polar surface area (TPSA) is 79.7 Å². The first kappa shape index (κ1) is 16.3. The molecule has 0 aliphatic carbocycles. The Morgan fingerprint density at radius 2 is 2.00 bits per heavy atom. The summed E-state index contributed by atoms with van der Waals surface area (Å²) in [5.74, 6) is 0.0933. The number of nitrogens with zero attached hydrogens (tertiary/aromatic N) is 1. The van der Waals surface area contributed by atoms with Crippen LogP contribution < -0.4 is 5.73 Å². The molecule has 2 atom stereocenters. The van der Waals surface area contributed by atoms with Gasteiger partial charge in [0, 0.05) is 19.0 Å². The van der Waals surface area contributed by atoms with Gasteiger partial charge in [-0.1, -0.05) is 37.3 Å². The fraction of sp³-hybridized carbons (Fsp3) is 0.353. The molecular formula is C17H22N2O3. The Morgan fingerprint density at radius 3 is 2.59 bits per heavy atom. The first-order chi connectivity index (χ1) is 10.6. The molecule has 118 valence electrons. The van der Waals surface area contributed by atoms with Gasteiger partial charge in [-0.3, -0.25) is 4.79 Å². The number of nitrogens with two attached hydrogens (primary N) is 1. The molecule has 3 N–H and O–H groups in total. The lowest BCUT2D eigenvalue weighted by Gasteiger charge is -2.27. The van der Waals surface area contributed by atoms with Gasteiger partial charge in [0.25, 0.3) is 0 Å². The molecule has 1 heterocycles. The fourth-order valence-electron chi connectivity index (χ4n) is 2.23. The second kappa shape index (κ2) is 7.77. The number of furan rings is 1. The molecule has 5 heteroatoms. The van der Waals surface area contributed by atoms with Gasteiger partial charge in [0.2, 0.25) is 5.91 Å². The lowest BCUT2D eigenvalue weighted by Crippen LogP contribution is -2.39. The minimum absolute atomic E-state index is 0.0723. The molecule has 2 unspecified atom stereocenters. The molecule has 1 aromatic carbocycles. The molecular weight excluding hydrogens is 280 g/mol. The monoisotopic (exact) mass is 302 g/mol. The maximum absolute atomic E-state index is 12.5. The third kappa shape index (κ3) is 4.19. The Kier molecular flexibility index (Phi) is 5.75. The summed E-state index contributed by atoms with van der Waals surface area (Å²) in [4.78, 5) is 14.1. The molecule has 2 rings (SSSR count). The molecule has 0 saturated carbocycles. The van der Waals surface area contributed by atoms with Gasteiger partial charge in [0.15, 0.2) is 0 Å². The van der Waals surface area contributed by atoms with Crippen molar-refractivity contribution in [3.05, 3.63) is 60.1 Å². The molecule has 0 radical (unpaired) electrons. The van der Waals surface area contributed by atoms with E-state index in [1.807, 2.05) is 30.3 Å². The Bertz CT molecular complexity index is 569. The highest BCUT2D eigenvalue weighted by atomic mass is 16.4. The summed E-state index contributed by atoms with van der Waals surface area (Å²) in [7, 11) is 0. The highest BCUT2D eigenvalue weighted by molar-refractivity contribution is 5.78. The largest absolute Gasteiger partial charge is 0.467 e. The lowest BCUT2D eigenvalue weighted by atomic mass is 10.1. The summed E-state index contributed by atoms with van der Waals surface area (Å²) < 4.78 is 5.20. The first-order valence-electron chi connectivity index (χ1n) is 7.36. The van der Waals surface area contributed by atoms with Crippen molar-refractivity contribution in [3.63, 3.8) is 0 Å². The predicted molar refractivity (Wildman–Crippen MR) is 83.7 cm³/mol. The minimum Gasteiger partial charge on any atom is -0.467 e. The predicted octanol–water partition coefficient (Wildman–Crippen LogP) is 1.94. The maximum Gasteiger partial charge on any atom is 0.227 e. The Hall–Kier alpha value is -2.11. The van der Waals surface area contributed by atoms with Crippen LogP contribution in [0.2, 0.25) is 0 Å². The van der Waals surface area contributed by atoms with Crippen LogP contribution in [0, 0.1) is 5.92 Å². The van der Waals surface area contributed by atoms with Crippen molar-refractivity contribution in [1.82, 2.24) is 4.90 Å². The number of amides is 1. The minimum atomic E-state index is -0.854. The molecule has 1 amide bonds. The fourth-order valence-corrected chi connectivity index (χ4v) is 2.23. The van der Waals surface area contributed by atoms with Crippen LogP contribution >= 0.6 is 0 Å². The molecule has 0 fully saturated rings. The van der Waals surface area contributed by atoms with Crippen LogP contribution in [-0.4, -0.2) is 29.0 Å². The molecule has 1 aromatic heterocycles. The van der Waals surface area contributed by atoms with Gasteiger partial charge < -0.3 is 20.2 Å². The van der Waals surface area contributed by atoms with E-state index in [1.54, 1.807) is 24.0 Å². The SMILES string of the molecule is CC(CN)C(=O)N(Cc1ccccc1)CC(O)c1ccco1. The van der Waals surface area contributed by atoms with Gasteiger partial charge in [0.05, 0.1) is 12.8 Å². The number of aliphatic hydroxyl groups excluding tert-OH is 1. The van der Waals surface area contributed by atoms with Gasteiger partial charge in [-0.25, -0.2) is 0 Å². The van der Waals surface area contributed by atoms with Crippen molar-refractivity contribution in [2.24, 2.45) is 11.7 Å². The standard InChI is InChI=1S/C17H22N2O3/c1-13(10-18)17(21)19(11-14-6-3-2-4-7-14)12-15(20)16-8-5-9-22-16/h2-9,13,15,20H,10-12,18H2,1H3. The third-order valence-corrected chi connectivity index (χ3v) is 3.57. The molecule has 0 bridgehead atoms. The number of hydrogen-bond acceptors (Lipinski definition) is 4. The summed E-state index contributed by atoms with van der Waals surface area (Å²) in [6.07, 6.45) is 0.650. The number of benzene rings is 1. The van der Waals surface area contributed by atoms with E-state index in [2.05, 4.69) is 0 Å². The quantitative estimate of drug-likeness (QED) is 0.819. The van der Waals surface area contributed by atoms with E-state index >= 15 is 0 Å². The lowest BCUT2D eigenvalue weighted by molar-refractivity contribution is -0.137. The molecule has 0 aliphatic heterocycles. The highest BCUT2D eigenvalue weighted by Crippen LogP contribution is 2.18. The zero-order valence-electron chi connectivity index (χ0n) is 12.7. The van der Waals surface area contributed by atoms with Crippen molar-refractivity contribution in [2.75, 3.05) is 13.1 Å². The van der Waals surface area contributed by atoms with Crippen molar-refractivity contribution < 1.29 is 14.3 Å². The van der Waals surface area contributed by atoms with Crippen LogP contribution in [0.5, 0.6) is 0 Å². The second-order valence-corrected chi connectivity index (χ2v) is 5.37. The van der Waals surface area contributed by atoms with Crippen LogP contribution in [0.15, 0.2) is 53.1 Å². The Balaban J connectivity index is 2.12. The van der Waals surface area contributed by atoms with E-state index in [0.717, 1.165) is 5.56 Å². The number of rotatable bonds is 7. The normalized spacial score (nSPS) is 13.6. The summed E-state index contributed by atoms with van der Waals surface area (Å²) >= 11 is 0. The van der Waals surface area contributed by atoms with E-state index in [1.165, 1.54) is 6.26 Å². The number of aliphatic hydroxyl groups is 1. The van der Waals surface area contributed by atoms with Crippen molar-refractivity contribution >= 4 is 5.91 Å². The van der Waals surface area contributed by atoms with Gasteiger partial charge in [-0.05, 0) is 17.7 Å². The summed E-state index contributed by atoms with van der Waals surface area (Å²) in [6, 6.07) is 13.1. The van der Waals surface area contributed by atoms with Gasteiger partial charge in [0.1, 0.15) is 11.9 Å². The average Bonchev–Trinajstić information content (AvgIpc) is 3.08. The maximum atomic E-state index is 12.5. The summed E-state index contributed by atoms with van der Waals surface area (Å²) in [5, 5.41) is 10.2. The van der Waals surface area contributed by atoms with Crippen LogP contribution in [0.1, 0.15) is 24.4 Å². The van der Waals surface area contributed by atoms with E-state index < -0.39 is 6.10 Å². The molecule has 2 aromatic rings. The number of carbonyl (C=O) groups excluding carboxylic acids is 1. The molecule has 5 nitrogen and oxygen atoms in total. The van der Waals surface area contributed by atoms with E-state index in [0.29, 0.717) is 12.3 Å². The smallest absolute Gasteiger partial charge is 0.227 e. The van der Waals surface area contributed by atoms with Crippen LogP contribution in [0.4, 0.5) is 0 Å². The first-order valence-corrected chi connectivity index (χ1v) is 7.36. The highest BCUT2D eigenvalue weighted by Gasteiger charge is 2.23. The van der Waals surface area contributed by atoms with Gasteiger partial charge in [-0.2, -0.15) is 0 Å². The zero-order chi connectivity index (χ0) is 15.9. The summed E-state index contributed by atoms with van der Waals surface area (Å²) in [6.45, 7) is 2.67. The zero-order valence-corrected chi connectivity index (χ0v) is 12.7. The molecule has 22 heavy (non-hydrogen) atoms. The number of hydrogen-bond donors (Lipinski definition) is 2. The third-order valence-electron chi connectivity index (χ3n) is 3.57. The van der Waals surface area contributed by atoms with Gasteiger partial charge >= 0.3 is 0 Å². The average molecular weight is 302 g/mol. The van der Waals surface area contributed by atoms with E-state index in [4.69, 9.17) is 10.2 Å². The molecule has 0 saturated heterocycles. The van der Waals surface area contributed by atoms with Crippen LogP contribution in [-0.2, 0) is 11.3 Å². The number of carbonyl (C=O) groups is 1. The van der Waals surface area contributed by atoms with E-state index in [9.17, 15) is 9.90 Å². The second-order valence-electron chi connectivity index (χ2n) is 5.37. The Morgan fingerprint density at radius 1 is 1.27 bits per heavy atom. The Labute approximate surface area is 130 Å². The molecule has 0 aliphatic rings. The van der Waals surface area contributed by atoms with Crippen molar-refractivity contribution in [3.8, 4) is 0 Å². The van der Waals surface area contributed by atoms with Crippen LogP contribution in [0.25, 0.3) is 0 Å². The van der Waals surface area contributed by atoms with E-state index in [-0.39, 0.29) is 24.9 Å². The van der Waals surface area contributed by atoms with Crippen molar-refractivity contribution in [2.45, 2.75) is 19.6 Å².